The highest BCUT2D eigenvalue weighted by Gasteiger charge is 2.24. The van der Waals surface area contributed by atoms with Gasteiger partial charge in [-0.05, 0) is 31.9 Å². The average Bonchev–Trinajstić information content (AvgIpc) is 2.62. The van der Waals surface area contributed by atoms with Crippen LogP contribution in [-0.4, -0.2) is 28.0 Å². The van der Waals surface area contributed by atoms with Gasteiger partial charge in [-0.2, -0.15) is 0 Å². The van der Waals surface area contributed by atoms with E-state index in [2.05, 4.69) is 20.6 Å². The molecule has 27 heavy (non-hydrogen) atoms. The number of aromatic nitrogens is 2. The van der Waals surface area contributed by atoms with Gasteiger partial charge in [-0.1, -0.05) is 12.8 Å². The molecule has 0 aromatic carbocycles. The molecule has 1 aliphatic carbocycles. The van der Waals surface area contributed by atoms with Crippen LogP contribution in [0.15, 0.2) is 18.3 Å². The van der Waals surface area contributed by atoms with Gasteiger partial charge in [0.05, 0.1) is 17.4 Å². The van der Waals surface area contributed by atoms with Crippen molar-refractivity contribution in [3.63, 3.8) is 0 Å². The van der Waals surface area contributed by atoms with E-state index in [0.717, 1.165) is 37.9 Å². The summed E-state index contributed by atoms with van der Waals surface area (Å²) in [6.45, 7) is 1.69. The minimum absolute atomic E-state index is 0.0414. The zero-order chi connectivity index (χ0) is 19.6. The molecule has 7 nitrogen and oxygen atoms in total. The number of carbonyl (C=O) groups excluding carboxylic acids is 1. The van der Waals surface area contributed by atoms with Crippen LogP contribution in [0.25, 0.3) is 0 Å². The Hall–Kier alpha value is -2.81. The van der Waals surface area contributed by atoms with Crippen LogP contribution < -0.4 is 22.1 Å². The summed E-state index contributed by atoms with van der Waals surface area (Å²) in [6, 6.07) is 2.19. The molecule has 144 valence electrons. The number of nitrogens with one attached hydrogen (secondary N) is 2. The summed E-state index contributed by atoms with van der Waals surface area (Å²) in [5.74, 6) is -2.34. The number of amides is 1. The van der Waals surface area contributed by atoms with E-state index in [-0.39, 0.29) is 35.0 Å². The van der Waals surface area contributed by atoms with Crippen LogP contribution in [-0.2, 0) is 0 Å². The monoisotopic (exact) mass is 376 g/mol. The fourth-order valence-electron chi connectivity index (χ4n) is 3.15. The minimum atomic E-state index is -0.879. The van der Waals surface area contributed by atoms with E-state index in [9.17, 15) is 13.6 Å². The first-order valence-electron chi connectivity index (χ1n) is 8.76. The number of primary amides is 1. The van der Waals surface area contributed by atoms with E-state index in [4.69, 9.17) is 11.5 Å². The van der Waals surface area contributed by atoms with E-state index in [1.54, 1.807) is 6.92 Å². The number of hydrogen-bond acceptors (Lipinski definition) is 6. The predicted molar refractivity (Wildman–Crippen MR) is 98.8 cm³/mol. The number of carbonyl (C=O) groups is 1. The van der Waals surface area contributed by atoms with Crippen LogP contribution in [0.5, 0.6) is 0 Å². The first-order valence-corrected chi connectivity index (χ1v) is 8.76. The van der Waals surface area contributed by atoms with Gasteiger partial charge in [-0.25, -0.2) is 13.8 Å². The molecule has 1 saturated carbocycles. The maximum absolute atomic E-state index is 14.5. The van der Waals surface area contributed by atoms with Crippen molar-refractivity contribution in [1.29, 1.82) is 0 Å². The molecule has 2 unspecified atom stereocenters. The number of nitrogens with two attached hydrogens (primary N) is 2. The molecule has 2 aromatic heterocycles. The largest absolute Gasteiger partial charge is 0.365 e. The average molecular weight is 376 g/mol. The van der Waals surface area contributed by atoms with E-state index < -0.39 is 17.5 Å². The molecular weight excluding hydrogens is 354 g/mol. The molecule has 0 radical (unpaired) electrons. The van der Waals surface area contributed by atoms with Crippen molar-refractivity contribution < 1.29 is 13.6 Å². The van der Waals surface area contributed by atoms with Gasteiger partial charge in [0.2, 0.25) is 0 Å². The third-order valence-corrected chi connectivity index (χ3v) is 4.63. The van der Waals surface area contributed by atoms with Gasteiger partial charge in [0.15, 0.2) is 17.5 Å². The van der Waals surface area contributed by atoms with Crippen molar-refractivity contribution in [2.75, 3.05) is 10.6 Å². The summed E-state index contributed by atoms with van der Waals surface area (Å²) in [7, 11) is 0. The molecule has 2 atom stereocenters. The van der Waals surface area contributed by atoms with Gasteiger partial charge in [0, 0.05) is 17.8 Å². The topological polar surface area (TPSA) is 119 Å². The molecule has 1 amide bonds. The minimum Gasteiger partial charge on any atom is -0.365 e. The third kappa shape index (κ3) is 4.30. The van der Waals surface area contributed by atoms with Crippen molar-refractivity contribution in [3.8, 4) is 0 Å². The second-order valence-corrected chi connectivity index (χ2v) is 6.71. The Morgan fingerprint density at radius 1 is 1.19 bits per heavy atom. The lowest BCUT2D eigenvalue weighted by Crippen LogP contribution is -2.43. The highest BCUT2D eigenvalue weighted by Crippen LogP contribution is 2.27. The van der Waals surface area contributed by atoms with E-state index in [1.165, 1.54) is 6.07 Å². The summed E-state index contributed by atoms with van der Waals surface area (Å²) in [6.07, 6.45) is 4.69. The van der Waals surface area contributed by atoms with E-state index in [1.807, 2.05) is 0 Å². The van der Waals surface area contributed by atoms with Gasteiger partial charge in [0.25, 0.3) is 5.91 Å². The normalized spacial score (nSPS) is 19.6. The standard InChI is InChI=1S/C18H22F2N6O/c1-9-6-15(12(20)8-23-9)25-17-10(16(22)27)7-11(19)18(26-17)24-14-5-3-2-4-13(14)21/h6-8,13-14H,2-5,21H2,1H3,(H2,22,27)(H2,23,24,25,26). The van der Waals surface area contributed by atoms with Gasteiger partial charge in [0.1, 0.15) is 5.82 Å². The molecule has 0 saturated heterocycles. The third-order valence-electron chi connectivity index (χ3n) is 4.63. The second-order valence-electron chi connectivity index (χ2n) is 6.71. The van der Waals surface area contributed by atoms with Crippen molar-refractivity contribution in [1.82, 2.24) is 9.97 Å². The molecule has 3 rings (SSSR count). The van der Waals surface area contributed by atoms with Gasteiger partial charge >= 0.3 is 0 Å². The molecule has 2 aromatic rings. The highest BCUT2D eigenvalue weighted by molar-refractivity contribution is 5.98. The number of rotatable bonds is 5. The molecule has 6 N–H and O–H groups in total. The summed E-state index contributed by atoms with van der Waals surface area (Å²) >= 11 is 0. The first kappa shape index (κ1) is 19.0. The van der Waals surface area contributed by atoms with E-state index >= 15 is 0 Å². The lowest BCUT2D eigenvalue weighted by atomic mass is 9.91. The Bertz CT molecular complexity index is 860. The quantitative estimate of drug-likeness (QED) is 0.637. The Balaban J connectivity index is 1.95. The molecule has 2 heterocycles. The molecule has 0 spiro atoms. The van der Waals surface area contributed by atoms with Crippen LogP contribution >= 0.6 is 0 Å². The predicted octanol–water partition coefficient (Wildman–Crippen LogP) is 2.59. The number of anilines is 3. The Kier molecular flexibility index (Phi) is 5.50. The summed E-state index contributed by atoms with van der Waals surface area (Å²) in [4.78, 5) is 19.7. The molecule has 1 aliphatic rings. The summed E-state index contributed by atoms with van der Waals surface area (Å²) in [5.41, 5.74) is 11.9. The molecule has 1 fully saturated rings. The first-order chi connectivity index (χ1) is 12.8. The summed E-state index contributed by atoms with van der Waals surface area (Å²) < 4.78 is 28.5. The smallest absolute Gasteiger partial charge is 0.252 e. The lowest BCUT2D eigenvalue weighted by molar-refractivity contribution is 0.100. The highest BCUT2D eigenvalue weighted by atomic mass is 19.1. The fraction of sp³-hybridized carbons (Fsp3) is 0.389. The lowest BCUT2D eigenvalue weighted by Gasteiger charge is -2.30. The van der Waals surface area contributed by atoms with Gasteiger partial charge < -0.3 is 22.1 Å². The number of hydrogen-bond donors (Lipinski definition) is 4. The molecule has 0 aliphatic heterocycles. The number of pyridine rings is 2. The molecule has 0 bridgehead atoms. The maximum atomic E-state index is 14.5. The molecular formula is C18H22F2N6O. The van der Waals surface area contributed by atoms with Gasteiger partial charge in [-0.3, -0.25) is 9.78 Å². The van der Waals surface area contributed by atoms with Crippen LogP contribution in [0.2, 0.25) is 0 Å². The second kappa shape index (κ2) is 7.83. The maximum Gasteiger partial charge on any atom is 0.252 e. The van der Waals surface area contributed by atoms with Crippen LogP contribution in [0.3, 0.4) is 0 Å². The van der Waals surface area contributed by atoms with Crippen LogP contribution in [0, 0.1) is 18.6 Å². The van der Waals surface area contributed by atoms with E-state index in [0.29, 0.717) is 5.69 Å². The van der Waals surface area contributed by atoms with Crippen LogP contribution in [0.4, 0.5) is 26.1 Å². The number of aryl methyl sites for hydroxylation is 1. The zero-order valence-electron chi connectivity index (χ0n) is 14.9. The zero-order valence-corrected chi connectivity index (χ0v) is 14.9. The Labute approximate surface area is 155 Å². The van der Waals surface area contributed by atoms with Crippen molar-refractivity contribution >= 4 is 23.2 Å². The Morgan fingerprint density at radius 3 is 2.63 bits per heavy atom. The number of nitrogens with zero attached hydrogens (tertiary/aromatic N) is 2. The van der Waals surface area contributed by atoms with Crippen LogP contribution in [0.1, 0.15) is 41.7 Å². The van der Waals surface area contributed by atoms with Crippen molar-refractivity contribution in [2.24, 2.45) is 11.5 Å². The van der Waals surface area contributed by atoms with Crippen molar-refractivity contribution in [3.05, 3.63) is 41.2 Å². The van der Waals surface area contributed by atoms with Gasteiger partial charge in [-0.15, -0.1) is 0 Å². The summed E-state index contributed by atoms with van der Waals surface area (Å²) in [5, 5.41) is 5.72. The van der Waals surface area contributed by atoms with Crippen molar-refractivity contribution in [2.45, 2.75) is 44.7 Å². The SMILES string of the molecule is Cc1cc(Nc2nc(NC3CCCCC3N)c(F)cc2C(N)=O)c(F)cn1. The fourth-order valence-corrected chi connectivity index (χ4v) is 3.15. The molecule has 9 heteroatoms. The number of halogens is 2. The Morgan fingerprint density at radius 2 is 1.93 bits per heavy atom.